The fourth-order valence-corrected chi connectivity index (χ4v) is 9.51. The summed E-state index contributed by atoms with van der Waals surface area (Å²) in [4.78, 5) is 63.5. The Balaban J connectivity index is 0.000000177. The molecule has 4 aromatic rings. The van der Waals surface area contributed by atoms with Gasteiger partial charge in [0.05, 0.1) is 34.3 Å². The molecule has 0 saturated carbocycles. The number of imidazole rings is 2. The molecule has 0 radical (unpaired) electrons. The molecule has 4 saturated heterocycles. The highest BCUT2D eigenvalue weighted by Gasteiger charge is 2.44. The third-order valence-corrected chi connectivity index (χ3v) is 12.6. The van der Waals surface area contributed by atoms with Crippen molar-refractivity contribution in [3.05, 3.63) is 69.0 Å². The highest BCUT2D eigenvalue weighted by atomic mass is 19.1. The van der Waals surface area contributed by atoms with Gasteiger partial charge in [0.15, 0.2) is 0 Å². The number of nitrogens with zero attached hydrogens (tertiary/aromatic N) is 6. The van der Waals surface area contributed by atoms with Crippen molar-refractivity contribution in [1.29, 1.82) is 0 Å². The fourth-order valence-electron chi connectivity index (χ4n) is 9.51. The lowest BCUT2D eigenvalue weighted by atomic mass is 9.94. The number of carbonyl (C=O) groups is 2. The van der Waals surface area contributed by atoms with Crippen molar-refractivity contribution in [3.8, 4) is 0 Å². The summed E-state index contributed by atoms with van der Waals surface area (Å²) in [5.74, 6) is -0.677. The molecule has 2 unspecified atom stereocenters. The lowest BCUT2D eigenvalue weighted by Crippen LogP contribution is -2.52. The molecule has 6 heterocycles. The second-order valence-electron chi connectivity index (χ2n) is 17.6. The van der Waals surface area contributed by atoms with Crippen molar-refractivity contribution >= 4 is 34.3 Å². The number of benzene rings is 2. The van der Waals surface area contributed by atoms with Crippen LogP contribution in [0.2, 0.25) is 0 Å². The average molecular weight is 809 g/mol. The van der Waals surface area contributed by atoms with Gasteiger partial charge in [-0.25, -0.2) is 28.0 Å². The van der Waals surface area contributed by atoms with E-state index in [1.54, 1.807) is 31.1 Å². The number of H-pyrrole nitrogens is 2. The van der Waals surface area contributed by atoms with E-state index in [4.69, 9.17) is 9.47 Å². The zero-order valence-corrected chi connectivity index (χ0v) is 34.6. The molecule has 16 heteroatoms. The number of likely N-dealkylation sites (tertiary alicyclic amines) is 4. The number of rotatable bonds is 6. The van der Waals surface area contributed by atoms with Crippen LogP contribution in [0.1, 0.15) is 92.2 Å². The number of hydrogen-bond donors (Lipinski definition) is 2. The number of carbonyl (C=O) groups excluding carboxylic acids is 2. The van der Waals surface area contributed by atoms with Crippen LogP contribution in [0.15, 0.2) is 46.0 Å². The molecule has 2 N–H and O–H groups in total. The smallest absolute Gasteiger partial charge is 0.410 e. The summed E-state index contributed by atoms with van der Waals surface area (Å²) in [5.41, 5.74) is 2.06. The molecule has 2 atom stereocenters. The molecule has 4 fully saturated rings. The number of halogens is 2. The first-order chi connectivity index (χ1) is 27.5. The molecule has 4 aliphatic rings. The van der Waals surface area contributed by atoms with Crippen LogP contribution in [0.5, 0.6) is 0 Å². The third kappa shape index (κ3) is 8.54. The summed E-state index contributed by atoms with van der Waals surface area (Å²) in [6.45, 7) is 17.9. The van der Waals surface area contributed by atoms with Crippen LogP contribution in [-0.4, -0.2) is 127 Å². The molecule has 4 aliphatic heterocycles. The first-order valence-electron chi connectivity index (χ1n) is 20.7. The van der Waals surface area contributed by atoms with Gasteiger partial charge < -0.3 is 29.2 Å². The van der Waals surface area contributed by atoms with Crippen LogP contribution in [-0.2, 0) is 9.47 Å². The first-order valence-corrected chi connectivity index (χ1v) is 20.7. The summed E-state index contributed by atoms with van der Waals surface area (Å²) in [6, 6.07) is 8.89. The molecule has 2 amide bonds. The number of piperidine rings is 2. The van der Waals surface area contributed by atoms with Crippen LogP contribution in [0.4, 0.5) is 18.4 Å². The predicted octanol–water partition coefficient (Wildman–Crippen LogP) is 6.23. The summed E-state index contributed by atoms with van der Waals surface area (Å²) in [6.07, 6.45) is 4.34. The minimum absolute atomic E-state index is 0.0429. The molecular weight excluding hydrogens is 751 g/mol. The number of fused-ring (bicyclic) bond motifs is 2. The quantitative estimate of drug-likeness (QED) is 0.234. The van der Waals surface area contributed by atoms with Crippen LogP contribution in [0.25, 0.3) is 22.1 Å². The monoisotopic (exact) mass is 808 g/mol. The topological polar surface area (TPSA) is 141 Å². The van der Waals surface area contributed by atoms with Crippen molar-refractivity contribution in [2.75, 3.05) is 52.4 Å². The Kier molecular flexibility index (Phi) is 11.8. The molecule has 0 aliphatic carbocycles. The maximum Gasteiger partial charge on any atom is 0.410 e. The normalized spacial score (nSPS) is 24.0. The summed E-state index contributed by atoms with van der Waals surface area (Å²) < 4.78 is 41.5. The second-order valence-corrected chi connectivity index (χ2v) is 17.6. The van der Waals surface area contributed by atoms with Crippen molar-refractivity contribution in [2.45, 2.75) is 115 Å². The lowest BCUT2D eigenvalue weighted by molar-refractivity contribution is 0.0560. The molecule has 58 heavy (non-hydrogen) atoms. The Morgan fingerprint density at radius 2 is 1.00 bits per heavy atom. The van der Waals surface area contributed by atoms with Crippen LogP contribution < -0.4 is 11.4 Å². The van der Waals surface area contributed by atoms with Gasteiger partial charge in [0.1, 0.15) is 11.6 Å². The Morgan fingerprint density at radius 3 is 1.34 bits per heavy atom. The van der Waals surface area contributed by atoms with Gasteiger partial charge in [-0.1, -0.05) is 0 Å². The standard InChI is InChI=1S/2C21H29FN4O3/c2*1-14(2)29-20(28)24-11-8-21(3,13-24)25-9-6-16(7-10-25)26-18-12-15(22)4-5-17(18)23-19(26)27/h2*4-5,12,14,16H,6-11,13H2,1-3H3,(H,23,27). The Morgan fingerprint density at radius 1 is 0.638 bits per heavy atom. The van der Waals surface area contributed by atoms with Gasteiger partial charge in [-0.05, 0) is 116 Å². The van der Waals surface area contributed by atoms with E-state index in [2.05, 4.69) is 33.6 Å². The van der Waals surface area contributed by atoms with Crippen LogP contribution >= 0.6 is 0 Å². The average Bonchev–Trinajstić information content (AvgIpc) is 3.94. The SMILES string of the molecule is CC(C)OC(=O)N1CCC(C)(N2CCC(n3c(=O)[nH]c4ccc(F)cc43)CC2)C1.CC(C)OC(=O)N1CCC(C)(N2CCC(n3c(=O)[nH]c4ccc(F)cc43)CC2)C1. The van der Waals surface area contributed by atoms with Gasteiger partial charge in [-0.3, -0.25) is 18.9 Å². The summed E-state index contributed by atoms with van der Waals surface area (Å²) >= 11 is 0. The predicted molar refractivity (Wildman–Crippen MR) is 217 cm³/mol. The minimum atomic E-state index is -0.338. The van der Waals surface area contributed by atoms with Gasteiger partial charge in [0, 0.05) is 75.5 Å². The maximum atomic E-state index is 13.7. The largest absolute Gasteiger partial charge is 0.447 e. The maximum absolute atomic E-state index is 13.7. The Labute approximate surface area is 337 Å². The van der Waals surface area contributed by atoms with E-state index in [1.165, 1.54) is 24.3 Å². The van der Waals surface area contributed by atoms with Crippen LogP contribution in [0, 0.1) is 11.6 Å². The zero-order valence-electron chi connectivity index (χ0n) is 34.6. The van der Waals surface area contributed by atoms with E-state index in [0.717, 1.165) is 64.7 Å². The van der Waals surface area contributed by atoms with Gasteiger partial charge >= 0.3 is 23.6 Å². The highest BCUT2D eigenvalue weighted by molar-refractivity contribution is 5.76. The molecule has 2 aromatic carbocycles. The molecule has 316 valence electrons. The zero-order chi connectivity index (χ0) is 41.5. The number of nitrogens with one attached hydrogen (secondary N) is 2. The van der Waals surface area contributed by atoms with E-state index in [0.29, 0.717) is 48.2 Å². The van der Waals surface area contributed by atoms with E-state index >= 15 is 0 Å². The van der Waals surface area contributed by atoms with Crippen molar-refractivity contribution in [3.63, 3.8) is 0 Å². The van der Waals surface area contributed by atoms with Gasteiger partial charge in [-0.15, -0.1) is 0 Å². The van der Waals surface area contributed by atoms with E-state index < -0.39 is 0 Å². The van der Waals surface area contributed by atoms with Crippen molar-refractivity contribution in [1.82, 2.24) is 38.7 Å². The Bertz CT molecular complexity index is 2080. The van der Waals surface area contributed by atoms with E-state index in [9.17, 15) is 28.0 Å². The number of hydrogen-bond acceptors (Lipinski definition) is 8. The molecule has 2 aromatic heterocycles. The molecule has 14 nitrogen and oxygen atoms in total. The number of ether oxygens (including phenoxy) is 2. The lowest BCUT2D eigenvalue weighted by Gasteiger charge is -2.43. The van der Waals surface area contributed by atoms with Gasteiger partial charge in [0.2, 0.25) is 0 Å². The minimum Gasteiger partial charge on any atom is -0.447 e. The molecule has 0 spiro atoms. The molecule has 8 rings (SSSR count). The number of aromatic amines is 2. The number of amides is 2. The third-order valence-electron chi connectivity index (χ3n) is 12.6. The van der Waals surface area contributed by atoms with E-state index in [1.807, 2.05) is 27.7 Å². The summed E-state index contributed by atoms with van der Waals surface area (Å²) in [7, 11) is 0. The summed E-state index contributed by atoms with van der Waals surface area (Å²) in [5, 5.41) is 0. The molecular formula is C42H58F2N8O6. The number of aromatic nitrogens is 4. The van der Waals surface area contributed by atoms with Gasteiger partial charge in [0.25, 0.3) is 0 Å². The van der Waals surface area contributed by atoms with Crippen molar-refractivity contribution < 1.29 is 27.8 Å². The highest BCUT2D eigenvalue weighted by Crippen LogP contribution is 2.36. The fraction of sp³-hybridized carbons (Fsp3) is 0.619. The van der Waals surface area contributed by atoms with Gasteiger partial charge in [-0.2, -0.15) is 0 Å². The van der Waals surface area contributed by atoms with Crippen molar-refractivity contribution in [2.24, 2.45) is 0 Å². The molecule has 0 bridgehead atoms. The Hall–Kier alpha value is -4.70. The van der Waals surface area contributed by atoms with E-state index in [-0.39, 0.29) is 70.6 Å². The second kappa shape index (κ2) is 16.5. The van der Waals surface area contributed by atoms with Crippen LogP contribution in [0.3, 0.4) is 0 Å². The first kappa shape index (κ1) is 41.5.